The number of carboxylic acid groups (broad SMARTS) is 1. The number of carbonyl (C=O) groups is 1. The van der Waals surface area contributed by atoms with Crippen LogP contribution in [0.3, 0.4) is 0 Å². The van der Waals surface area contributed by atoms with E-state index in [1.807, 2.05) is 0 Å². The van der Waals surface area contributed by atoms with Crippen LogP contribution >= 0.6 is 0 Å². The molecule has 1 aromatic rings. The molecule has 1 N–H and O–H groups in total. The largest absolute Gasteiger partial charge is 0.479 e. The molecule has 0 aliphatic heterocycles. The van der Waals surface area contributed by atoms with Gasteiger partial charge < -0.3 is 9.52 Å². The van der Waals surface area contributed by atoms with Crippen molar-refractivity contribution in [2.45, 2.75) is 12.6 Å². The second kappa shape index (κ2) is 2.34. The van der Waals surface area contributed by atoms with Gasteiger partial charge in [0.15, 0.2) is 6.39 Å². The van der Waals surface area contributed by atoms with Gasteiger partial charge in [0.25, 0.3) is 0 Å². The summed E-state index contributed by atoms with van der Waals surface area (Å²) in [5.41, 5.74) is -2.70. The number of carboxylic acids is 1. The van der Waals surface area contributed by atoms with E-state index in [0.717, 1.165) is 19.6 Å². The Kier molecular flexibility index (Phi) is 1.64. The predicted octanol–water partition coefficient (Wildman–Crippen LogP) is 0.944. The van der Waals surface area contributed by atoms with Gasteiger partial charge in [0.05, 0.1) is 0 Å². The summed E-state index contributed by atoms with van der Waals surface area (Å²) in [7, 11) is 0. The lowest BCUT2D eigenvalue weighted by Crippen LogP contribution is -2.27. The molecule has 0 fully saturated rings. The molecule has 0 aliphatic rings. The summed E-state index contributed by atoms with van der Waals surface area (Å²) in [5, 5.41) is 8.36. The number of halogens is 1. The van der Waals surface area contributed by atoms with E-state index in [1.54, 1.807) is 0 Å². The van der Waals surface area contributed by atoms with Crippen molar-refractivity contribution in [2.75, 3.05) is 0 Å². The Labute approximate surface area is 61.7 Å². The number of aromatic nitrogens is 1. The van der Waals surface area contributed by atoms with Crippen molar-refractivity contribution >= 4 is 5.97 Å². The maximum absolute atomic E-state index is 13.1. The molecule has 5 heteroatoms. The lowest BCUT2D eigenvalue weighted by Gasteiger charge is -2.09. The summed E-state index contributed by atoms with van der Waals surface area (Å²) in [6.45, 7) is 0.910. The van der Waals surface area contributed by atoms with Crippen LogP contribution in [0.15, 0.2) is 17.1 Å². The van der Waals surface area contributed by atoms with Crippen LogP contribution in [-0.2, 0) is 10.5 Å². The van der Waals surface area contributed by atoms with E-state index in [4.69, 9.17) is 5.11 Å². The molecule has 0 saturated heterocycles. The van der Waals surface area contributed by atoms with Crippen LogP contribution in [0, 0.1) is 0 Å². The fourth-order valence-electron chi connectivity index (χ4n) is 0.554. The number of alkyl halides is 1. The van der Waals surface area contributed by atoms with Crippen molar-refractivity contribution in [2.24, 2.45) is 0 Å². The highest BCUT2D eigenvalue weighted by molar-refractivity contribution is 5.77. The number of rotatable bonds is 2. The van der Waals surface area contributed by atoms with Crippen molar-refractivity contribution in [3.05, 3.63) is 18.4 Å². The van der Waals surface area contributed by atoms with Gasteiger partial charge in [-0.1, -0.05) is 0 Å². The minimum Gasteiger partial charge on any atom is -0.479 e. The predicted molar refractivity (Wildman–Crippen MR) is 32.6 cm³/mol. The molecular weight excluding hydrogens is 153 g/mol. The summed E-state index contributed by atoms with van der Waals surface area (Å²) in [4.78, 5) is 13.6. The van der Waals surface area contributed by atoms with Gasteiger partial charge in [0.2, 0.25) is 5.67 Å². The SMILES string of the molecule is CC(F)(C(=O)O)c1cocn1. The van der Waals surface area contributed by atoms with Gasteiger partial charge in [0.1, 0.15) is 12.0 Å². The van der Waals surface area contributed by atoms with Crippen molar-refractivity contribution in [1.29, 1.82) is 0 Å². The standard InChI is InChI=1S/C6H6FNO3/c1-6(7,5(9)10)4-2-11-3-8-4/h2-3H,1H3,(H,9,10). The molecule has 0 spiro atoms. The molecule has 0 bridgehead atoms. The van der Waals surface area contributed by atoms with E-state index in [9.17, 15) is 9.18 Å². The second-order valence-electron chi connectivity index (χ2n) is 2.18. The maximum Gasteiger partial charge on any atom is 0.347 e. The fourth-order valence-corrected chi connectivity index (χ4v) is 0.554. The Morgan fingerprint density at radius 1 is 1.91 bits per heavy atom. The number of hydrogen-bond acceptors (Lipinski definition) is 3. The first-order valence-corrected chi connectivity index (χ1v) is 2.86. The molecule has 60 valence electrons. The zero-order valence-corrected chi connectivity index (χ0v) is 5.74. The third-order valence-electron chi connectivity index (χ3n) is 1.31. The van der Waals surface area contributed by atoms with Gasteiger partial charge in [-0.05, 0) is 6.92 Å². The Hall–Kier alpha value is -1.39. The lowest BCUT2D eigenvalue weighted by molar-refractivity contribution is -0.150. The van der Waals surface area contributed by atoms with Gasteiger partial charge in [-0.15, -0.1) is 0 Å². The van der Waals surface area contributed by atoms with Crippen LogP contribution in [-0.4, -0.2) is 16.1 Å². The van der Waals surface area contributed by atoms with Gasteiger partial charge >= 0.3 is 5.97 Å². The van der Waals surface area contributed by atoms with Crippen LogP contribution in [0.1, 0.15) is 12.6 Å². The molecule has 11 heavy (non-hydrogen) atoms. The molecule has 1 heterocycles. The van der Waals surface area contributed by atoms with Crippen molar-refractivity contribution < 1.29 is 18.7 Å². The van der Waals surface area contributed by atoms with Crippen LogP contribution in [0.25, 0.3) is 0 Å². The molecule has 4 nitrogen and oxygen atoms in total. The Morgan fingerprint density at radius 2 is 2.55 bits per heavy atom. The van der Waals surface area contributed by atoms with E-state index in [2.05, 4.69) is 9.40 Å². The van der Waals surface area contributed by atoms with Crippen molar-refractivity contribution in [3.8, 4) is 0 Å². The topological polar surface area (TPSA) is 63.3 Å². The van der Waals surface area contributed by atoms with E-state index in [-0.39, 0.29) is 5.69 Å². The number of nitrogens with zero attached hydrogens (tertiary/aromatic N) is 1. The highest BCUT2D eigenvalue weighted by atomic mass is 19.1. The Morgan fingerprint density at radius 3 is 2.91 bits per heavy atom. The highest BCUT2D eigenvalue weighted by Crippen LogP contribution is 2.23. The monoisotopic (exact) mass is 159 g/mol. The fraction of sp³-hybridized carbons (Fsp3) is 0.333. The summed E-state index contributed by atoms with van der Waals surface area (Å²) < 4.78 is 17.5. The van der Waals surface area contributed by atoms with Crippen LogP contribution in [0.4, 0.5) is 4.39 Å². The summed E-state index contributed by atoms with van der Waals surface area (Å²) in [6.07, 6.45) is 1.95. The maximum atomic E-state index is 13.1. The Balaban J connectivity index is 3.00. The van der Waals surface area contributed by atoms with Crippen LogP contribution < -0.4 is 0 Å². The minimum absolute atomic E-state index is 0.231. The number of hydrogen-bond donors (Lipinski definition) is 1. The van der Waals surface area contributed by atoms with Gasteiger partial charge in [-0.3, -0.25) is 0 Å². The second-order valence-corrected chi connectivity index (χ2v) is 2.18. The van der Waals surface area contributed by atoms with E-state index < -0.39 is 11.6 Å². The molecule has 0 aromatic carbocycles. The third-order valence-corrected chi connectivity index (χ3v) is 1.31. The molecule has 0 amide bonds. The quantitative estimate of drug-likeness (QED) is 0.697. The summed E-state index contributed by atoms with van der Waals surface area (Å²) in [6, 6.07) is 0. The molecule has 0 aliphatic carbocycles. The van der Waals surface area contributed by atoms with E-state index in [1.165, 1.54) is 0 Å². The van der Waals surface area contributed by atoms with Gasteiger partial charge in [-0.25, -0.2) is 14.2 Å². The van der Waals surface area contributed by atoms with Crippen LogP contribution in [0.2, 0.25) is 0 Å². The number of aliphatic carboxylic acids is 1. The zero-order valence-electron chi connectivity index (χ0n) is 5.74. The summed E-state index contributed by atoms with van der Waals surface area (Å²) >= 11 is 0. The van der Waals surface area contributed by atoms with E-state index in [0.29, 0.717) is 0 Å². The van der Waals surface area contributed by atoms with Gasteiger partial charge in [0, 0.05) is 0 Å². The molecule has 0 saturated carbocycles. The number of oxazole rings is 1. The molecule has 1 aromatic heterocycles. The first kappa shape index (κ1) is 7.71. The first-order valence-electron chi connectivity index (χ1n) is 2.86. The lowest BCUT2D eigenvalue weighted by atomic mass is 10.1. The minimum atomic E-state index is -2.47. The summed E-state index contributed by atoms with van der Waals surface area (Å²) in [5.74, 6) is -1.58. The highest BCUT2D eigenvalue weighted by Gasteiger charge is 2.37. The third kappa shape index (κ3) is 1.21. The first-order chi connectivity index (χ1) is 5.05. The van der Waals surface area contributed by atoms with Crippen molar-refractivity contribution in [1.82, 2.24) is 4.98 Å². The average molecular weight is 159 g/mol. The van der Waals surface area contributed by atoms with E-state index >= 15 is 0 Å². The molecule has 1 unspecified atom stereocenters. The molecule has 1 rings (SSSR count). The van der Waals surface area contributed by atoms with Crippen molar-refractivity contribution in [3.63, 3.8) is 0 Å². The average Bonchev–Trinajstić information content (AvgIpc) is 2.37. The molecular formula is C6H6FNO3. The normalized spacial score (nSPS) is 15.8. The van der Waals surface area contributed by atoms with Gasteiger partial charge in [-0.2, -0.15) is 0 Å². The van der Waals surface area contributed by atoms with Crippen LogP contribution in [0.5, 0.6) is 0 Å². The Bertz CT molecular complexity index is 255. The zero-order chi connectivity index (χ0) is 8.48. The smallest absolute Gasteiger partial charge is 0.347 e. The molecule has 0 radical (unpaired) electrons. The molecule has 1 atom stereocenters.